The quantitative estimate of drug-likeness (QED) is 0.847. The number of rotatable bonds is 5. The summed E-state index contributed by atoms with van der Waals surface area (Å²) in [4.78, 5) is 13.5. The van der Waals surface area contributed by atoms with Gasteiger partial charge in [-0.05, 0) is 55.7 Å². The van der Waals surface area contributed by atoms with Crippen LogP contribution in [0.3, 0.4) is 0 Å². The van der Waals surface area contributed by atoms with Crippen molar-refractivity contribution in [3.8, 4) is 5.75 Å². The lowest BCUT2D eigenvalue weighted by Gasteiger charge is -2.28. The van der Waals surface area contributed by atoms with Gasteiger partial charge in [-0.3, -0.25) is 9.52 Å². The van der Waals surface area contributed by atoms with Crippen LogP contribution in [0.5, 0.6) is 5.75 Å². The average Bonchev–Trinajstić information content (AvgIpc) is 2.62. The van der Waals surface area contributed by atoms with Crippen molar-refractivity contribution in [2.45, 2.75) is 31.6 Å². The molecule has 2 aromatic rings. The largest absolute Gasteiger partial charge is 0.491 e. The van der Waals surface area contributed by atoms with E-state index in [0.717, 1.165) is 23.7 Å². The van der Waals surface area contributed by atoms with Gasteiger partial charge >= 0.3 is 0 Å². The number of carbonyl (C=O) groups is 1. The minimum absolute atomic E-state index is 0.0681. The monoisotopic (exact) mass is 392 g/mol. The zero-order valence-corrected chi connectivity index (χ0v) is 16.0. The average molecular weight is 392 g/mol. The summed E-state index contributed by atoms with van der Waals surface area (Å²) in [5.74, 6) is -0.646. The number of benzene rings is 2. The molecule has 1 amide bonds. The lowest BCUT2D eigenvalue weighted by atomic mass is 10.0. The molecule has 8 heteroatoms. The number of ether oxygens (including phenoxy) is 1. The summed E-state index contributed by atoms with van der Waals surface area (Å²) in [6.45, 7) is 4.16. The van der Waals surface area contributed by atoms with Gasteiger partial charge < -0.3 is 9.64 Å². The minimum Gasteiger partial charge on any atom is -0.491 e. The highest BCUT2D eigenvalue weighted by Gasteiger charge is 2.23. The number of aryl methyl sites for hydroxylation is 1. The molecule has 0 aliphatic carbocycles. The molecule has 0 spiro atoms. The molecule has 1 aliphatic rings. The predicted octanol–water partition coefficient (Wildman–Crippen LogP) is 3.32. The molecule has 0 radical (unpaired) electrons. The molecule has 0 fully saturated rings. The number of amides is 1. The number of halogens is 1. The van der Waals surface area contributed by atoms with Crippen LogP contribution in [0.1, 0.15) is 25.8 Å². The predicted molar refractivity (Wildman–Crippen MR) is 101 cm³/mol. The molecule has 0 aromatic heterocycles. The normalized spacial score (nSPS) is 13.8. The fraction of sp³-hybridized carbons (Fsp3) is 0.316. The van der Waals surface area contributed by atoms with Gasteiger partial charge in [0.2, 0.25) is 5.91 Å². The molecule has 2 aromatic carbocycles. The second-order valence-electron chi connectivity index (χ2n) is 6.25. The second kappa shape index (κ2) is 7.56. The molecule has 1 N–H and O–H groups in total. The third-order valence-corrected chi connectivity index (χ3v) is 5.72. The van der Waals surface area contributed by atoms with E-state index < -0.39 is 15.8 Å². The van der Waals surface area contributed by atoms with Crippen molar-refractivity contribution in [3.63, 3.8) is 0 Å². The number of nitrogens with zero attached hydrogens (tertiary/aromatic N) is 1. The SMILES string of the molecule is CCOc1ccc(NS(=O)(=O)c2ccc3c(c2)CCCN3C(C)=O)cc1F. The summed E-state index contributed by atoms with van der Waals surface area (Å²) in [5, 5.41) is 0. The van der Waals surface area contributed by atoms with Crippen LogP contribution in [0.15, 0.2) is 41.3 Å². The third-order valence-electron chi connectivity index (χ3n) is 4.34. The van der Waals surface area contributed by atoms with E-state index in [1.807, 2.05) is 0 Å². The van der Waals surface area contributed by atoms with E-state index >= 15 is 0 Å². The first-order valence-electron chi connectivity index (χ1n) is 8.68. The molecule has 0 unspecified atom stereocenters. The van der Waals surface area contributed by atoms with Gasteiger partial charge in [0.15, 0.2) is 11.6 Å². The van der Waals surface area contributed by atoms with Gasteiger partial charge in [-0.15, -0.1) is 0 Å². The molecular formula is C19H21FN2O4S. The Labute approximate surface area is 158 Å². The van der Waals surface area contributed by atoms with Crippen molar-refractivity contribution in [3.05, 3.63) is 47.8 Å². The van der Waals surface area contributed by atoms with Crippen LogP contribution in [-0.2, 0) is 21.2 Å². The van der Waals surface area contributed by atoms with E-state index in [1.165, 1.54) is 25.1 Å². The Hall–Kier alpha value is -2.61. The number of sulfonamides is 1. The molecule has 0 atom stereocenters. The first-order valence-corrected chi connectivity index (χ1v) is 10.2. The van der Waals surface area contributed by atoms with Crippen molar-refractivity contribution < 1.29 is 22.3 Å². The first kappa shape index (κ1) is 19.2. The number of hydrogen-bond donors (Lipinski definition) is 1. The maximum atomic E-state index is 14.0. The van der Waals surface area contributed by atoms with E-state index in [1.54, 1.807) is 24.0 Å². The molecule has 27 heavy (non-hydrogen) atoms. The smallest absolute Gasteiger partial charge is 0.261 e. The highest BCUT2D eigenvalue weighted by molar-refractivity contribution is 7.92. The minimum atomic E-state index is -3.89. The Bertz CT molecular complexity index is 976. The standard InChI is InChI=1S/C19H21FN2O4S/c1-3-26-19-9-6-15(12-17(19)20)21-27(24,25)16-7-8-18-14(11-16)5-4-10-22(18)13(2)23/h6-9,11-12,21H,3-5,10H2,1-2H3. The number of fused-ring (bicyclic) bond motifs is 1. The van der Waals surface area contributed by atoms with Crippen LogP contribution in [0, 0.1) is 5.82 Å². The summed E-state index contributed by atoms with van der Waals surface area (Å²) >= 11 is 0. The maximum Gasteiger partial charge on any atom is 0.261 e. The summed E-state index contributed by atoms with van der Waals surface area (Å²) in [5.41, 5.74) is 1.65. The molecular weight excluding hydrogens is 371 g/mol. The molecule has 6 nitrogen and oxygen atoms in total. The van der Waals surface area contributed by atoms with Crippen molar-refractivity contribution in [2.24, 2.45) is 0 Å². The zero-order valence-electron chi connectivity index (χ0n) is 15.2. The lowest BCUT2D eigenvalue weighted by molar-refractivity contribution is -0.116. The topological polar surface area (TPSA) is 75.7 Å². The Balaban J connectivity index is 1.87. The van der Waals surface area contributed by atoms with Crippen LogP contribution >= 0.6 is 0 Å². The van der Waals surface area contributed by atoms with Crippen molar-refractivity contribution >= 4 is 27.3 Å². The van der Waals surface area contributed by atoms with Crippen LogP contribution in [0.4, 0.5) is 15.8 Å². The van der Waals surface area contributed by atoms with Crippen molar-refractivity contribution in [1.82, 2.24) is 0 Å². The number of hydrogen-bond acceptors (Lipinski definition) is 4. The second-order valence-corrected chi connectivity index (χ2v) is 7.93. The van der Waals surface area contributed by atoms with Crippen molar-refractivity contribution in [1.29, 1.82) is 0 Å². The Kier molecular flexibility index (Phi) is 5.36. The fourth-order valence-electron chi connectivity index (χ4n) is 3.12. The van der Waals surface area contributed by atoms with Gasteiger partial charge in [0.1, 0.15) is 0 Å². The third kappa shape index (κ3) is 4.05. The molecule has 1 aliphatic heterocycles. The van der Waals surface area contributed by atoms with Crippen LogP contribution in [0.2, 0.25) is 0 Å². The summed E-state index contributed by atoms with van der Waals surface area (Å²) in [6, 6.07) is 8.57. The number of nitrogens with one attached hydrogen (secondary N) is 1. The number of anilines is 2. The molecule has 3 rings (SSSR count). The Morgan fingerprint density at radius 1 is 1.26 bits per heavy atom. The van der Waals surface area contributed by atoms with E-state index in [9.17, 15) is 17.6 Å². The summed E-state index contributed by atoms with van der Waals surface area (Å²) in [7, 11) is -3.89. The molecule has 1 heterocycles. The van der Waals surface area contributed by atoms with Gasteiger partial charge in [0.25, 0.3) is 10.0 Å². The van der Waals surface area contributed by atoms with Gasteiger partial charge in [-0.2, -0.15) is 0 Å². The zero-order chi connectivity index (χ0) is 19.6. The molecule has 0 saturated heterocycles. The van der Waals surface area contributed by atoms with Crippen LogP contribution in [0.25, 0.3) is 0 Å². The summed E-state index contributed by atoms with van der Waals surface area (Å²) in [6.07, 6.45) is 1.47. The first-order chi connectivity index (χ1) is 12.8. The van der Waals surface area contributed by atoms with Gasteiger partial charge in [-0.1, -0.05) is 0 Å². The Morgan fingerprint density at radius 3 is 2.70 bits per heavy atom. The van der Waals surface area contributed by atoms with E-state index in [2.05, 4.69) is 4.72 Å². The van der Waals surface area contributed by atoms with Gasteiger partial charge in [0, 0.05) is 25.2 Å². The summed E-state index contributed by atoms with van der Waals surface area (Å²) < 4.78 is 46.8. The molecule has 0 bridgehead atoms. The van der Waals surface area contributed by atoms with Gasteiger partial charge in [-0.25, -0.2) is 12.8 Å². The highest BCUT2D eigenvalue weighted by Crippen LogP contribution is 2.30. The van der Waals surface area contributed by atoms with Crippen LogP contribution in [-0.4, -0.2) is 27.5 Å². The Morgan fingerprint density at radius 2 is 2.04 bits per heavy atom. The maximum absolute atomic E-state index is 14.0. The highest BCUT2D eigenvalue weighted by atomic mass is 32.2. The fourth-order valence-corrected chi connectivity index (χ4v) is 4.22. The number of carbonyl (C=O) groups excluding carboxylic acids is 1. The molecule has 0 saturated carbocycles. The van der Waals surface area contributed by atoms with Crippen LogP contribution < -0.4 is 14.4 Å². The molecule has 144 valence electrons. The van der Waals surface area contributed by atoms with E-state index in [4.69, 9.17) is 4.74 Å². The van der Waals surface area contributed by atoms with E-state index in [-0.39, 0.29) is 22.2 Å². The lowest BCUT2D eigenvalue weighted by Crippen LogP contribution is -2.33. The van der Waals surface area contributed by atoms with E-state index in [0.29, 0.717) is 19.6 Å². The van der Waals surface area contributed by atoms with Crippen molar-refractivity contribution in [2.75, 3.05) is 22.8 Å². The van der Waals surface area contributed by atoms with Gasteiger partial charge in [0.05, 0.1) is 17.2 Å².